The maximum absolute atomic E-state index is 13.0. The van der Waals surface area contributed by atoms with Crippen LogP contribution in [-0.2, 0) is 9.59 Å². The number of amidine groups is 1. The van der Waals surface area contributed by atoms with E-state index >= 15 is 0 Å². The quantitative estimate of drug-likeness (QED) is 0.581. The number of Topliss-reactive ketones (excluding diaryl/α,β-unsaturated/α-hetero) is 1. The molecule has 2 aromatic carbocycles. The lowest BCUT2D eigenvalue weighted by Crippen LogP contribution is -2.28. The second-order valence-corrected chi connectivity index (χ2v) is 8.08. The van der Waals surface area contributed by atoms with Crippen LogP contribution in [-0.4, -0.2) is 45.5 Å². The Kier molecular flexibility index (Phi) is 7.48. The highest BCUT2D eigenvalue weighted by Crippen LogP contribution is 2.35. The van der Waals surface area contributed by atoms with Crippen LogP contribution in [0.3, 0.4) is 0 Å². The highest BCUT2D eigenvalue weighted by atomic mass is 32.2. The van der Waals surface area contributed by atoms with Crippen LogP contribution >= 0.6 is 11.8 Å². The van der Waals surface area contributed by atoms with Crippen molar-refractivity contribution in [3.05, 3.63) is 64.6 Å². The molecule has 1 unspecified atom stereocenters. The van der Waals surface area contributed by atoms with Crippen molar-refractivity contribution in [1.82, 2.24) is 4.90 Å². The normalized spacial score (nSPS) is 17.1. The van der Waals surface area contributed by atoms with Crippen LogP contribution in [0.4, 0.5) is 5.69 Å². The highest BCUT2D eigenvalue weighted by Gasteiger charge is 2.32. The van der Waals surface area contributed by atoms with Crippen molar-refractivity contribution in [3.63, 3.8) is 0 Å². The van der Waals surface area contributed by atoms with Crippen molar-refractivity contribution >= 4 is 46.4 Å². The van der Waals surface area contributed by atoms with E-state index in [9.17, 15) is 19.5 Å². The molecule has 1 atom stereocenters. The Balaban J connectivity index is 1.94. The summed E-state index contributed by atoms with van der Waals surface area (Å²) in [6, 6.07) is 13.5. The molecule has 0 radical (unpaired) electrons. The summed E-state index contributed by atoms with van der Waals surface area (Å²) in [4.78, 5) is 42.5. The van der Waals surface area contributed by atoms with Crippen LogP contribution in [0.15, 0.2) is 58.4 Å². The molecule has 1 amide bonds. The molecule has 8 heteroatoms. The molecule has 1 saturated heterocycles. The zero-order valence-corrected chi connectivity index (χ0v) is 18.9. The highest BCUT2D eigenvalue weighted by molar-refractivity contribution is 8.18. The van der Waals surface area contributed by atoms with Crippen LogP contribution in [0, 0.1) is 0 Å². The van der Waals surface area contributed by atoms with Gasteiger partial charge in [0.25, 0.3) is 5.91 Å². The number of hydrogen-bond donors (Lipinski definition) is 1. The minimum Gasteiger partial charge on any atom is -0.482 e. The number of likely N-dealkylation sites (N-methyl/N-ethyl adjacent to an activating group) is 1. The van der Waals surface area contributed by atoms with Crippen LogP contribution in [0.1, 0.15) is 43.1 Å². The summed E-state index contributed by atoms with van der Waals surface area (Å²) < 4.78 is 5.90. The molecule has 0 aromatic heterocycles. The molecule has 0 saturated carbocycles. The Morgan fingerprint density at radius 3 is 2.59 bits per heavy atom. The number of ketones is 1. The molecule has 0 aliphatic carbocycles. The monoisotopic (exact) mass is 452 g/mol. The van der Waals surface area contributed by atoms with Crippen LogP contribution < -0.4 is 4.74 Å². The van der Waals surface area contributed by atoms with Crippen molar-refractivity contribution in [2.24, 2.45) is 4.99 Å². The van der Waals surface area contributed by atoms with E-state index in [1.807, 2.05) is 32.0 Å². The summed E-state index contributed by atoms with van der Waals surface area (Å²) in [6.07, 6.45) is 1.73. The lowest BCUT2D eigenvalue weighted by Gasteiger charge is -2.16. The number of aromatic carboxylic acids is 1. The summed E-state index contributed by atoms with van der Waals surface area (Å²) in [5.41, 5.74) is 1.27. The number of para-hydroxylation sites is 1. The van der Waals surface area contributed by atoms with Gasteiger partial charge in [-0.2, -0.15) is 0 Å². The molecule has 7 nitrogen and oxygen atoms in total. The minimum atomic E-state index is -1.04. The molecular formula is C24H24N2O5S. The third-order valence-corrected chi connectivity index (χ3v) is 5.83. The summed E-state index contributed by atoms with van der Waals surface area (Å²) in [7, 11) is 0. The molecular weight excluding hydrogens is 428 g/mol. The first kappa shape index (κ1) is 23.3. The van der Waals surface area contributed by atoms with Gasteiger partial charge in [-0.05, 0) is 62.4 Å². The van der Waals surface area contributed by atoms with Gasteiger partial charge >= 0.3 is 5.97 Å². The second-order valence-electron chi connectivity index (χ2n) is 7.07. The van der Waals surface area contributed by atoms with E-state index in [-0.39, 0.29) is 17.3 Å². The van der Waals surface area contributed by atoms with E-state index in [4.69, 9.17) is 4.74 Å². The maximum atomic E-state index is 13.0. The lowest BCUT2D eigenvalue weighted by molar-refractivity contribution is -0.124. The van der Waals surface area contributed by atoms with Crippen molar-refractivity contribution < 1.29 is 24.2 Å². The van der Waals surface area contributed by atoms with E-state index in [0.29, 0.717) is 40.0 Å². The molecule has 0 spiro atoms. The van der Waals surface area contributed by atoms with Crippen molar-refractivity contribution in [1.29, 1.82) is 0 Å². The Morgan fingerprint density at radius 1 is 1.19 bits per heavy atom. The molecule has 1 aliphatic heterocycles. The van der Waals surface area contributed by atoms with Gasteiger partial charge in [-0.3, -0.25) is 14.5 Å². The van der Waals surface area contributed by atoms with E-state index in [1.54, 1.807) is 24.3 Å². The predicted octanol–water partition coefficient (Wildman–Crippen LogP) is 4.76. The fraction of sp³-hybridized carbons (Fsp3) is 0.250. The van der Waals surface area contributed by atoms with Gasteiger partial charge in [0, 0.05) is 12.1 Å². The molecule has 166 valence electrons. The number of carbonyl (C=O) groups excluding carboxylic acids is 2. The molecule has 3 rings (SSSR count). The fourth-order valence-electron chi connectivity index (χ4n) is 3.14. The molecule has 1 fully saturated rings. The van der Waals surface area contributed by atoms with Gasteiger partial charge in [0.1, 0.15) is 5.75 Å². The molecule has 0 bridgehead atoms. The average molecular weight is 453 g/mol. The summed E-state index contributed by atoms with van der Waals surface area (Å²) >= 11 is 1.21. The second kappa shape index (κ2) is 10.3. The van der Waals surface area contributed by atoms with E-state index in [0.717, 1.165) is 0 Å². The smallest absolute Gasteiger partial charge is 0.335 e. The third-order valence-electron chi connectivity index (χ3n) is 4.82. The first-order valence-electron chi connectivity index (χ1n) is 10.2. The van der Waals surface area contributed by atoms with Gasteiger partial charge in [0.15, 0.2) is 17.1 Å². The Morgan fingerprint density at radius 2 is 1.94 bits per heavy atom. The van der Waals surface area contributed by atoms with Gasteiger partial charge in [-0.15, -0.1) is 0 Å². The van der Waals surface area contributed by atoms with Crippen LogP contribution in [0.5, 0.6) is 5.75 Å². The van der Waals surface area contributed by atoms with Crippen LogP contribution in [0.2, 0.25) is 0 Å². The Labute approximate surface area is 190 Å². The predicted molar refractivity (Wildman–Crippen MR) is 125 cm³/mol. The van der Waals surface area contributed by atoms with E-state index in [2.05, 4.69) is 4.99 Å². The van der Waals surface area contributed by atoms with Crippen molar-refractivity contribution in [3.8, 4) is 5.75 Å². The summed E-state index contributed by atoms with van der Waals surface area (Å²) in [6.45, 7) is 5.64. The van der Waals surface area contributed by atoms with Gasteiger partial charge in [0.05, 0.1) is 16.2 Å². The van der Waals surface area contributed by atoms with E-state index in [1.165, 1.54) is 35.7 Å². The number of rotatable bonds is 8. The number of ether oxygens (including phenoxy) is 1. The topological polar surface area (TPSA) is 96.3 Å². The van der Waals surface area contributed by atoms with Gasteiger partial charge in [-0.25, -0.2) is 9.79 Å². The first-order chi connectivity index (χ1) is 15.3. The molecule has 1 N–H and O–H groups in total. The minimum absolute atomic E-state index is 0.0588. The summed E-state index contributed by atoms with van der Waals surface area (Å²) in [5.74, 6) is -0.767. The number of amides is 1. The SMILES string of the molecule is CCC(Oc1ccccc1/C=C1\SC(=Nc2cccc(C(=O)O)c2)N(CC)C1=O)C(C)=O. The Hall–Kier alpha value is -3.39. The average Bonchev–Trinajstić information content (AvgIpc) is 3.06. The number of carboxylic acid groups (broad SMARTS) is 1. The zero-order chi connectivity index (χ0) is 23.3. The van der Waals surface area contributed by atoms with Gasteiger partial charge < -0.3 is 9.84 Å². The number of thioether (sulfide) groups is 1. The first-order valence-corrected chi connectivity index (χ1v) is 11.0. The standard InChI is InChI=1S/C24H24N2O5S/c1-4-19(15(3)27)31-20-12-7-6-9-16(20)14-21-22(28)26(5-2)24(32-21)25-18-11-8-10-17(13-18)23(29)30/h6-14,19H,4-5H2,1-3H3,(H,29,30)/b21-14-,25-24?. The number of hydrogen-bond acceptors (Lipinski definition) is 6. The van der Waals surface area contributed by atoms with Crippen molar-refractivity contribution in [2.45, 2.75) is 33.3 Å². The number of carboxylic acids is 1. The number of benzene rings is 2. The van der Waals surface area contributed by atoms with E-state index < -0.39 is 12.1 Å². The lowest BCUT2D eigenvalue weighted by atomic mass is 10.1. The summed E-state index contributed by atoms with van der Waals surface area (Å²) in [5, 5.41) is 9.67. The Bertz CT molecular complexity index is 1110. The molecule has 32 heavy (non-hydrogen) atoms. The fourth-order valence-corrected chi connectivity index (χ4v) is 4.20. The largest absolute Gasteiger partial charge is 0.482 e. The van der Waals surface area contributed by atoms with Gasteiger partial charge in [0.2, 0.25) is 0 Å². The number of nitrogens with zero attached hydrogens (tertiary/aromatic N) is 2. The molecule has 1 heterocycles. The molecule has 2 aromatic rings. The van der Waals surface area contributed by atoms with Crippen LogP contribution in [0.25, 0.3) is 6.08 Å². The third kappa shape index (κ3) is 5.26. The number of aliphatic imine (C=N–C) groups is 1. The molecule has 1 aliphatic rings. The maximum Gasteiger partial charge on any atom is 0.335 e. The number of carbonyl (C=O) groups is 3. The zero-order valence-electron chi connectivity index (χ0n) is 18.1. The van der Waals surface area contributed by atoms with Gasteiger partial charge in [-0.1, -0.05) is 31.2 Å². The van der Waals surface area contributed by atoms with Crippen molar-refractivity contribution in [2.75, 3.05) is 6.54 Å².